The lowest BCUT2D eigenvalue weighted by Gasteiger charge is -2.08. The van der Waals surface area contributed by atoms with E-state index in [9.17, 15) is 4.79 Å². The van der Waals surface area contributed by atoms with Gasteiger partial charge in [-0.05, 0) is 35.9 Å². The van der Waals surface area contributed by atoms with E-state index in [2.05, 4.69) is 21.2 Å². The van der Waals surface area contributed by atoms with Crippen LogP contribution in [0.1, 0.15) is 15.9 Å². The van der Waals surface area contributed by atoms with Gasteiger partial charge in [-0.25, -0.2) is 0 Å². The van der Waals surface area contributed by atoms with E-state index in [1.165, 1.54) is 0 Å². The average Bonchev–Trinajstić information content (AvgIpc) is 2.41. The second-order valence-electron chi connectivity index (χ2n) is 3.82. The van der Waals surface area contributed by atoms with Crippen LogP contribution in [0.15, 0.2) is 53.0 Å². The molecule has 0 unspecified atom stereocenters. The number of nitrogens with two attached hydrogens (primary N) is 1. The predicted molar refractivity (Wildman–Crippen MR) is 76.4 cm³/mol. The van der Waals surface area contributed by atoms with Gasteiger partial charge in [0.15, 0.2) is 0 Å². The summed E-state index contributed by atoms with van der Waals surface area (Å²) >= 11 is 3.35. The molecule has 4 heteroatoms. The fourth-order valence-corrected chi connectivity index (χ4v) is 1.92. The molecule has 0 aliphatic heterocycles. The van der Waals surface area contributed by atoms with Crippen molar-refractivity contribution in [1.29, 1.82) is 0 Å². The van der Waals surface area contributed by atoms with E-state index in [1.54, 1.807) is 6.07 Å². The molecule has 0 atom stereocenters. The Morgan fingerprint density at radius 2 is 1.78 bits per heavy atom. The number of benzene rings is 2. The van der Waals surface area contributed by atoms with Crippen LogP contribution in [0.4, 0.5) is 5.69 Å². The van der Waals surface area contributed by atoms with Gasteiger partial charge < -0.3 is 11.1 Å². The second-order valence-corrected chi connectivity index (χ2v) is 4.74. The second kappa shape index (κ2) is 5.80. The number of amides is 1. The van der Waals surface area contributed by atoms with E-state index in [-0.39, 0.29) is 5.91 Å². The van der Waals surface area contributed by atoms with E-state index in [0.29, 0.717) is 12.1 Å². The molecule has 2 aromatic rings. The summed E-state index contributed by atoms with van der Waals surface area (Å²) in [6, 6.07) is 14.8. The summed E-state index contributed by atoms with van der Waals surface area (Å²) in [4.78, 5) is 12.1. The Morgan fingerprint density at radius 3 is 2.44 bits per heavy atom. The van der Waals surface area contributed by atoms with E-state index >= 15 is 0 Å². The first-order valence-electron chi connectivity index (χ1n) is 5.55. The molecule has 0 saturated carbocycles. The van der Waals surface area contributed by atoms with E-state index in [1.807, 2.05) is 42.5 Å². The summed E-state index contributed by atoms with van der Waals surface area (Å²) in [7, 11) is 0. The molecule has 0 heterocycles. The first-order chi connectivity index (χ1) is 8.70. The smallest absolute Gasteiger partial charge is 0.255 e. The zero-order valence-electron chi connectivity index (χ0n) is 9.69. The van der Waals surface area contributed by atoms with Gasteiger partial charge in [-0.2, -0.15) is 0 Å². The first kappa shape index (κ1) is 12.8. The van der Waals surface area contributed by atoms with Crippen molar-refractivity contribution in [3.8, 4) is 0 Å². The number of hydrogen-bond acceptors (Lipinski definition) is 2. The lowest BCUT2D eigenvalue weighted by Crippen LogP contribution is -2.15. The highest BCUT2D eigenvalue weighted by Gasteiger charge is 2.09. The zero-order chi connectivity index (χ0) is 13.0. The Balaban J connectivity index is 2.19. The third-order valence-electron chi connectivity index (χ3n) is 2.58. The lowest BCUT2D eigenvalue weighted by molar-refractivity contribution is 0.102. The van der Waals surface area contributed by atoms with Crippen molar-refractivity contribution in [2.75, 3.05) is 5.32 Å². The Bertz CT molecular complexity index is 552. The Hall–Kier alpha value is -1.65. The minimum absolute atomic E-state index is 0.140. The van der Waals surface area contributed by atoms with Crippen molar-refractivity contribution >= 4 is 27.5 Å². The van der Waals surface area contributed by atoms with Crippen LogP contribution in [0.2, 0.25) is 0 Å². The maximum Gasteiger partial charge on any atom is 0.255 e. The minimum Gasteiger partial charge on any atom is -0.326 e. The molecule has 1 amide bonds. The number of rotatable bonds is 3. The zero-order valence-corrected chi connectivity index (χ0v) is 11.3. The molecule has 0 radical (unpaired) electrons. The van der Waals surface area contributed by atoms with Gasteiger partial charge >= 0.3 is 0 Å². The van der Waals surface area contributed by atoms with Gasteiger partial charge in [-0.1, -0.05) is 34.1 Å². The number of anilines is 1. The lowest BCUT2D eigenvalue weighted by atomic mass is 10.1. The Labute approximate surface area is 114 Å². The molecule has 0 aromatic heterocycles. The maximum atomic E-state index is 12.1. The molecule has 0 saturated heterocycles. The summed E-state index contributed by atoms with van der Waals surface area (Å²) in [5.74, 6) is -0.140. The number of carbonyl (C=O) groups is 1. The number of nitrogens with one attached hydrogen (secondary N) is 1. The third-order valence-corrected chi connectivity index (χ3v) is 3.11. The fourth-order valence-electron chi connectivity index (χ4n) is 1.65. The SMILES string of the molecule is NCc1ccccc1C(=O)Nc1ccc(Br)cc1. The van der Waals surface area contributed by atoms with Gasteiger partial charge in [0.1, 0.15) is 0 Å². The van der Waals surface area contributed by atoms with Crippen molar-refractivity contribution in [1.82, 2.24) is 0 Å². The van der Waals surface area contributed by atoms with Crippen molar-refractivity contribution in [3.63, 3.8) is 0 Å². The molecule has 2 aromatic carbocycles. The molecule has 0 aliphatic rings. The highest BCUT2D eigenvalue weighted by atomic mass is 79.9. The standard InChI is InChI=1S/C14H13BrN2O/c15-11-5-7-12(8-6-11)17-14(18)13-4-2-1-3-10(13)9-16/h1-8H,9,16H2,(H,17,18). The monoisotopic (exact) mass is 304 g/mol. The van der Waals surface area contributed by atoms with Crippen LogP contribution in [-0.4, -0.2) is 5.91 Å². The van der Waals surface area contributed by atoms with Crippen molar-refractivity contribution in [3.05, 3.63) is 64.1 Å². The summed E-state index contributed by atoms with van der Waals surface area (Å²) in [5.41, 5.74) is 7.83. The van der Waals surface area contributed by atoms with Gasteiger partial charge in [0.2, 0.25) is 0 Å². The summed E-state index contributed by atoms with van der Waals surface area (Å²) < 4.78 is 0.975. The Kier molecular flexibility index (Phi) is 4.12. The number of carbonyl (C=O) groups excluding carboxylic acids is 1. The average molecular weight is 305 g/mol. The van der Waals surface area contributed by atoms with E-state index in [4.69, 9.17) is 5.73 Å². The molecule has 3 nitrogen and oxygen atoms in total. The largest absolute Gasteiger partial charge is 0.326 e. The fraction of sp³-hybridized carbons (Fsp3) is 0.0714. The first-order valence-corrected chi connectivity index (χ1v) is 6.35. The van der Waals surface area contributed by atoms with Gasteiger partial charge in [-0.3, -0.25) is 4.79 Å². The van der Waals surface area contributed by atoms with Crippen molar-refractivity contribution in [2.24, 2.45) is 5.73 Å². The molecule has 3 N–H and O–H groups in total. The van der Waals surface area contributed by atoms with Crippen LogP contribution in [0.3, 0.4) is 0 Å². The van der Waals surface area contributed by atoms with E-state index in [0.717, 1.165) is 15.7 Å². The Morgan fingerprint density at radius 1 is 1.11 bits per heavy atom. The third kappa shape index (κ3) is 2.97. The summed E-state index contributed by atoms with van der Waals surface area (Å²) in [5, 5.41) is 2.84. The van der Waals surface area contributed by atoms with Crippen LogP contribution in [0, 0.1) is 0 Å². The molecule has 2 rings (SSSR count). The molecular formula is C14H13BrN2O. The van der Waals surface area contributed by atoms with Gasteiger partial charge in [-0.15, -0.1) is 0 Å². The van der Waals surface area contributed by atoms with Crippen molar-refractivity contribution in [2.45, 2.75) is 6.54 Å². The number of hydrogen-bond donors (Lipinski definition) is 2. The highest BCUT2D eigenvalue weighted by molar-refractivity contribution is 9.10. The van der Waals surface area contributed by atoms with Crippen molar-refractivity contribution < 1.29 is 4.79 Å². The van der Waals surface area contributed by atoms with Crippen LogP contribution >= 0.6 is 15.9 Å². The molecule has 0 aliphatic carbocycles. The molecule has 18 heavy (non-hydrogen) atoms. The molecular weight excluding hydrogens is 292 g/mol. The molecule has 0 spiro atoms. The van der Waals surface area contributed by atoms with Gasteiger partial charge in [0, 0.05) is 22.3 Å². The summed E-state index contributed by atoms with van der Waals surface area (Å²) in [6.45, 7) is 0.351. The van der Waals surface area contributed by atoms with Crippen LogP contribution < -0.4 is 11.1 Å². The minimum atomic E-state index is -0.140. The van der Waals surface area contributed by atoms with E-state index < -0.39 is 0 Å². The highest BCUT2D eigenvalue weighted by Crippen LogP contribution is 2.16. The molecule has 0 bridgehead atoms. The normalized spacial score (nSPS) is 10.1. The van der Waals surface area contributed by atoms with Crippen LogP contribution in [0.25, 0.3) is 0 Å². The molecule has 0 fully saturated rings. The quantitative estimate of drug-likeness (QED) is 0.915. The van der Waals surface area contributed by atoms with Crippen LogP contribution in [-0.2, 0) is 6.54 Å². The molecule has 92 valence electrons. The summed E-state index contributed by atoms with van der Waals surface area (Å²) in [6.07, 6.45) is 0. The van der Waals surface area contributed by atoms with Crippen LogP contribution in [0.5, 0.6) is 0 Å². The topological polar surface area (TPSA) is 55.1 Å². The van der Waals surface area contributed by atoms with Gasteiger partial charge in [0.05, 0.1) is 0 Å². The number of halogens is 1. The maximum absolute atomic E-state index is 12.1. The predicted octanol–water partition coefficient (Wildman–Crippen LogP) is 3.16. The van der Waals surface area contributed by atoms with Gasteiger partial charge in [0.25, 0.3) is 5.91 Å².